The highest BCUT2D eigenvalue weighted by atomic mass is 35.5. The highest BCUT2D eigenvalue weighted by Gasteiger charge is 2.50. The molecular formula is C25H32ClN3O3. The van der Waals surface area contributed by atoms with E-state index in [-0.39, 0.29) is 24.2 Å². The van der Waals surface area contributed by atoms with Gasteiger partial charge < -0.3 is 25.0 Å². The van der Waals surface area contributed by atoms with Gasteiger partial charge >= 0.3 is 0 Å². The van der Waals surface area contributed by atoms with Crippen molar-refractivity contribution in [3.8, 4) is 5.75 Å². The molecule has 172 valence electrons. The highest BCUT2D eigenvalue weighted by molar-refractivity contribution is 5.93. The Bertz CT molecular complexity index is 947. The first kappa shape index (κ1) is 22.9. The smallest absolute Gasteiger partial charge is 0.247 e. The number of aryl methyl sites for hydroxylation is 1. The van der Waals surface area contributed by atoms with Crippen LogP contribution in [-0.2, 0) is 11.2 Å². The zero-order chi connectivity index (χ0) is 21.4. The number of methoxy groups -OCH3 is 1. The van der Waals surface area contributed by atoms with Crippen molar-refractivity contribution >= 4 is 24.0 Å². The van der Waals surface area contributed by atoms with E-state index in [1.807, 2.05) is 30.3 Å². The van der Waals surface area contributed by atoms with E-state index < -0.39 is 11.6 Å². The van der Waals surface area contributed by atoms with Crippen LogP contribution in [0.2, 0.25) is 0 Å². The SMILES string of the molecule is COc1ccc2c(c1)CC[C@@H](CN1CCC3(CC1)C(=O)NCN3c1ccccc1)[C@@H]2O.Cl. The van der Waals surface area contributed by atoms with Crippen molar-refractivity contribution in [2.75, 3.05) is 38.3 Å². The first-order chi connectivity index (χ1) is 15.1. The fraction of sp³-hybridized carbons (Fsp3) is 0.480. The number of benzene rings is 2. The molecule has 2 fully saturated rings. The molecule has 0 unspecified atom stereocenters. The van der Waals surface area contributed by atoms with E-state index in [2.05, 4.69) is 33.3 Å². The summed E-state index contributed by atoms with van der Waals surface area (Å²) < 4.78 is 5.33. The Labute approximate surface area is 196 Å². The Morgan fingerprint density at radius 1 is 1.16 bits per heavy atom. The molecule has 0 radical (unpaired) electrons. The van der Waals surface area contributed by atoms with Gasteiger partial charge in [0.2, 0.25) is 5.91 Å². The monoisotopic (exact) mass is 457 g/mol. The predicted molar refractivity (Wildman–Crippen MR) is 127 cm³/mol. The van der Waals surface area contributed by atoms with Gasteiger partial charge in [0.15, 0.2) is 0 Å². The molecule has 2 atom stereocenters. The summed E-state index contributed by atoms with van der Waals surface area (Å²) >= 11 is 0. The molecule has 1 spiro atoms. The number of halogens is 1. The fourth-order valence-electron chi connectivity index (χ4n) is 5.63. The van der Waals surface area contributed by atoms with Crippen LogP contribution in [0.5, 0.6) is 5.75 Å². The number of rotatable bonds is 4. The topological polar surface area (TPSA) is 65.0 Å². The van der Waals surface area contributed by atoms with E-state index in [0.29, 0.717) is 6.67 Å². The number of hydrogen-bond acceptors (Lipinski definition) is 5. The standard InChI is InChI=1S/C25H31N3O3.ClH/c1-31-21-9-10-22-18(15-21)7-8-19(23(22)29)16-27-13-11-25(12-14-27)24(30)26-17-28(25)20-5-3-2-4-6-20;/h2-6,9-10,15,19,23,29H,7-8,11-14,16-17H2,1H3,(H,26,30);1H/t19-,23-;/m0./s1. The molecule has 1 aliphatic carbocycles. The van der Waals surface area contributed by atoms with Crippen LogP contribution in [0.15, 0.2) is 48.5 Å². The van der Waals surface area contributed by atoms with E-state index in [4.69, 9.17) is 4.74 Å². The number of nitrogens with zero attached hydrogens (tertiary/aromatic N) is 2. The van der Waals surface area contributed by atoms with Crippen molar-refractivity contribution in [3.05, 3.63) is 59.7 Å². The Kier molecular flexibility index (Phi) is 6.65. The highest BCUT2D eigenvalue weighted by Crippen LogP contribution is 2.39. The third-order valence-electron chi connectivity index (χ3n) is 7.48. The van der Waals surface area contributed by atoms with Crippen molar-refractivity contribution in [1.29, 1.82) is 0 Å². The number of likely N-dealkylation sites (tertiary alicyclic amines) is 1. The number of carbonyl (C=O) groups is 1. The summed E-state index contributed by atoms with van der Waals surface area (Å²) in [4.78, 5) is 17.5. The number of nitrogens with one attached hydrogen (secondary N) is 1. The van der Waals surface area contributed by atoms with Gasteiger partial charge in [-0.1, -0.05) is 24.3 Å². The summed E-state index contributed by atoms with van der Waals surface area (Å²) in [5, 5.41) is 14.1. The average molecular weight is 458 g/mol. The summed E-state index contributed by atoms with van der Waals surface area (Å²) in [6, 6.07) is 16.2. The van der Waals surface area contributed by atoms with Crippen molar-refractivity contribution in [2.45, 2.75) is 37.3 Å². The lowest BCUT2D eigenvalue weighted by molar-refractivity contribution is -0.125. The van der Waals surface area contributed by atoms with Gasteiger partial charge in [0, 0.05) is 31.2 Å². The van der Waals surface area contributed by atoms with Crippen LogP contribution < -0.4 is 15.0 Å². The quantitative estimate of drug-likeness (QED) is 0.738. The maximum absolute atomic E-state index is 12.9. The predicted octanol–water partition coefficient (Wildman–Crippen LogP) is 3.14. The average Bonchev–Trinajstić information content (AvgIpc) is 3.13. The zero-order valence-corrected chi connectivity index (χ0v) is 19.3. The van der Waals surface area contributed by atoms with Gasteiger partial charge in [0.05, 0.1) is 19.9 Å². The molecule has 1 amide bonds. The minimum Gasteiger partial charge on any atom is -0.497 e. The normalized spacial score (nSPS) is 24.6. The van der Waals surface area contributed by atoms with Crippen LogP contribution in [0, 0.1) is 5.92 Å². The number of hydrogen-bond donors (Lipinski definition) is 2. The van der Waals surface area contributed by atoms with Gasteiger partial charge in [0.25, 0.3) is 0 Å². The third-order valence-corrected chi connectivity index (χ3v) is 7.48. The fourth-order valence-corrected chi connectivity index (χ4v) is 5.63. The molecule has 2 aromatic rings. The van der Waals surface area contributed by atoms with Crippen molar-refractivity contribution in [3.63, 3.8) is 0 Å². The summed E-state index contributed by atoms with van der Waals surface area (Å²) in [5.74, 6) is 1.22. The largest absolute Gasteiger partial charge is 0.497 e. The molecule has 3 aliphatic rings. The van der Waals surface area contributed by atoms with E-state index in [1.54, 1.807) is 7.11 Å². The van der Waals surface area contributed by atoms with Gasteiger partial charge in [-0.2, -0.15) is 0 Å². The van der Waals surface area contributed by atoms with E-state index in [1.165, 1.54) is 5.56 Å². The maximum atomic E-state index is 12.9. The van der Waals surface area contributed by atoms with Crippen molar-refractivity contribution < 1.29 is 14.6 Å². The molecule has 2 aromatic carbocycles. The van der Waals surface area contributed by atoms with Crippen LogP contribution in [-0.4, -0.2) is 54.9 Å². The molecule has 32 heavy (non-hydrogen) atoms. The lowest BCUT2D eigenvalue weighted by Gasteiger charge is -2.44. The van der Waals surface area contributed by atoms with Crippen molar-refractivity contribution in [2.24, 2.45) is 5.92 Å². The molecule has 5 rings (SSSR count). The van der Waals surface area contributed by atoms with Gasteiger partial charge in [-0.3, -0.25) is 4.79 Å². The Morgan fingerprint density at radius 3 is 2.62 bits per heavy atom. The number of para-hydroxylation sites is 1. The Balaban J connectivity index is 0.00000245. The molecule has 0 aromatic heterocycles. The van der Waals surface area contributed by atoms with Crippen LogP contribution in [0.1, 0.15) is 36.5 Å². The molecule has 2 heterocycles. The molecule has 0 bridgehead atoms. The van der Waals surface area contributed by atoms with E-state index >= 15 is 0 Å². The second kappa shape index (κ2) is 9.30. The van der Waals surface area contributed by atoms with Gasteiger partial charge in [-0.05, 0) is 61.1 Å². The van der Waals surface area contributed by atoms with E-state index in [9.17, 15) is 9.90 Å². The molecular weight excluding hydrogens is 426 g/mol. The summed E-state index contributed by atoms with van der Waals surface area (Å²) in [6.07, 6.45) is 3.12. The van der Waals surface area contributed by atoms with Gasteiger partial charge in [-0.15, -0.1) is 12.4 Å². The number of ether oxygens (including phenoxy) is 1. The third kappa shape index (κ3) is 3.96. The minimum atomic E-state index is -0.452. The molecule has 6 nitrogen and oxygen atoms in total. The number of aliphatic hydroxyl groups excluding tert-OH is 1. The minimum absolute atomic E-state index is 0. The van der Waals surface area contributed by atoms with E-state index in [0.717, 1.165) is 62.3 Å². The number of aliphatic hydroxyl groups is 1. The van der Waals surface area contributed by atoms with Crippen LogP contribution in [0.3, 0.4) is 0 Å². The second-order valence-electron chi connectivity index (χ2n) is 9.07. The number of piperidine rings is 1. The second-order valence-corrected chi connectivity index (χ2v) is 9.07. The molecule has 7 heteroatoms. The number of fused-ring (bicyclic) bond motifs is 1. The van der Waals surface area contributed by atoms with Crippen LogP contribution in [0.4, 0.5) is 5.69 Å². The summed E-state index contributed by atoms with van der Waals surface area (Å²) in [6.45, 7) is 3.19. The lowest BCUT2D eigenvalue weighted by Crippen LogP contribution is -2.57. The Hall–Kier alpha value is -2.28. The summed E-state index contributed by atoms with van der Waals surface area (Å²) in [7, 11) is 1.68. The first-order valence-electron chi connectivity index (χ1n) is 11.3. The maximum Gasteiger partial charge on any atom is 0.247 e. The van der Waals surface area contributed by atoms with Gasteiger partial charge in [0.1, 0.15) is 11.3 Å². The number of anilines is 1. The molecule has 2 N–H and O–H groups in total. The lowest BCUT2D eigenvalue weighted by atomic mass is 9.80. The number of amides is 1. The number of carbonyl (C=O) groups excluding carboxylic acids is 1. The zero-order valence-electron chi connectivity index (χ0n) is 18.5. The molecule has 2 aliphatic heterocycles. The van der Waals surface area contributed by atoms with Crippen molar-refractivity contribution in [1.82, 2.24) is 10.2 Å². The first-order valence-corrected chi connectivity index (χ1v) is 11.3. The molecule has 2 saturated heterocycles. The molecule has 0 saturated carbocycles. The van der Waals surface area contributed by atoms with Gasteiger partial charge in [-0.25, -0.2) is 0 Å². The Morgan fingerprint density at radius 2 is 1.91 bits per heavy atom. The van der Waals surface area contributed by atoms with Crippen LogP contribution >= 0.6 is 12.4 Å². The van der Waals surface area contributed by atoms with Crippen LogP contribution in [0.25, 0.3) is 0 Å². The summed E-state index contributed by atoms with van der Waals surface area (Å²) in [5.41, 5.74) is 2.88.